The molecule has 2 aromatic carbocycles. The van der Waals surface area contributed by atoms with Crippen molar-refractivity contribution in [3.63, 3.8) is 0 Å². The third kappa shape index (κ3) is 2.11. The molecule has 1 aliphatic heterocycles. The number of aryl methyl sites for hydroxylation is 1. The van der Waals surface area contributed by atoms with Gasteiger partial charge in [0.2, 0.25) is 0 Å². The maximum absolute atomic E-state index is 5.64. The smallest absolute Gasteiger partial charge is 0.334 e. The van der Waals surface area contributed by atoms with E-state index in [2.05, 4.69) is 31.2 Å². The molecule has 2 aromatic rings. The van der Waals surface area contributed by atoms with Crippen molar-refractivity contribution >= 4 is 0 Å². The average Bonchev–Trinajstić information content (AvgIpc) is 2.74. The zero-order valence-electron chi connectivity index (χ0n) is 9.64. The third-order valence-electron chi connectivity index (χ3n) is 2.77. The second-order valence-corrected chi connectivity index (χ2v) is 4.19. The molecule has 0 N–H and O–H groups in total. The summed E-state index contributed by atoms with van der Waals surface area (Å²) >= 11 is 0. The predicted octanol–water partition coefficient (Wildman–Crippen LogP) is 3.50. The molecule has 2 nitrogen and oxygen atoms in total. The van der Waals surface area contributed by atoms with Crippen molar-refractivity contribution in [3.05, 3.63) is 65.9 Å². The van der Waals surface area contributed by atoms with Crippen molar-refractivity contribution in [2.75, 3.05) is 0 Å². The van der Waals surface area contributed by atoms with Crippen molar-refractivity contribution in [3.8, 4) is 11.5 Å². The van der Waals surface area contributed by atoms with Gasteiger partial charge < -0.3 is 9.47 Å². The maximum Gasteiger partial charge on any atom is 0.334 e. The number of hydrogen-bond donors (Lipinski definition) is 0. The zero-order valence-corrected chi connectivity index (χ0v) is 9.64. The van der Waals surface area contributed by atoms with Crippen LogP contribution in [0.2, 0.25) is 0 Å². The molecule has 0 aliphatic carbocycles. The lowest BCUT2D eigenvalue weighted by Gasteiger charge is -2.07. The molecule has 0 fully saturated rings. The lowest BCUT2D eigenvalue weighted by atomic mass is 10.1. The van der Waals surface area contributed by atoms with E-state index in [-0.39, 0.29) is 0 Å². The third-order valence-corrected chi connectivity index (χ3v) is 2.77. The fourth-order valence-corrected chi connectivity index (χ4v) is 1.83. The van der Waals surface area contributed by atoms with Crippen molar-refractivity contribution in [1.82, 2.24) is 0 Å². The van der Waals surface area contributed by atoms with Gasteiger partial charge in [0.05, 0.1) is 6.42 Å². The van der Waals surface area contributed by atoms with Crippen molar-refractivity contribution < 1.29 is 9.47 Å². The molecule has 0 amide bonds. The van der Waals surface area contributed by atoms with Gasteiger partial charge in [-0.05, 0) is 24.6 Å². The minimum Gasteiger partial charge on any atom is -0.441 e. The van der Waals surface area contributed by atoms with Crippen LogP contribution in [0.5, 0.6) is 11.5 Å². The first-order valence-corrected chi connectivity index (χ1v) is 5.67. The van der Waals surface area contributed by atoms with E-state index in [1.165, 1.54) is 11.1 Å². The van der Waals surface area contributed by atoms with Crippen molar-refractivity contribution in [2.24, 2.45) is 0 Å². The summed E-state index contributed by atoms with van der Waals surface area (Å²) in [6.07, 6.45) is 1.34. The summed E-state index contributed by atoms with van der Waals surface area (Å²) < 4.78 is 11.3. The molecule has 3 rings (SSSR count). The molecule has 85 valence electrons. The first-order chi connectivity index (χ1) is 8.31. The van der Waals surface area contributed by atoms with Gasteiger partial charge in [-0.25, -0.2) is 0 Å². The maximum atomic E-state index is 5.64. The molecule has 2 heteroatoms. The minimum atomic E-state index is 0.648. The Labute approximate surface area is 101 Å². The Bertz CT molecular complexity index is 492. The Morgan fingerprint density at radius 2 is 1.41 bits per heavy atom. The van der Waals surface area contributed by atoms with Crippen LogP contribution in [0, 0.1) is 13.2 Å². The second kappa shape index (κ2) is 4.13. The van der Waals surface area contributed by atoms with E-state index >= 15 is 0 Å². The van der Waals surface area contributed by atoms with Gasteiger partial charge in [0, 0.05) is 0 Å². The van der Waals surface area contributed by atoms with Gasteiger partial charge in [-0.2, -0.15) is 0 Å². The highest BCUT2D eigenvalue weighted by atomic mass is 16.7. The standard InChI is InChI=1S/C15H13O2/c1-11-6-8-12(9-7-11)10-15-16-13-4-2-3-5-14(13)17-15/h2-9H,10H2,1H3. The quantitative estimate of drug-likeness (QED) is 0.778. The van der Waals surface area contributed by atoms with Crippen molar-refractivity contribution in [2.45, 2.75) is 13.3 Å². The van der Waals surface area contributed by atoms with Crippen LogP contribution in [0.4, 0.5) is 0 Å². The molecule has 0 saturated carbocycles. The number of ether oxygens (including phenoxy) is 2. The molecule has 0 aromatic heterocycles. The molecule has 0 atom stereocenters. The molecule has 0 bridgehead atoms. The Hall–Kier alpha value is -1.96. The molecule has 0 spiro atoms. The average molecular weight is 225 g/mol. The normalized spacial score (nSPS) is 13.9. The van der Waals surface area contributed by atoms with Crippen LogP contribution >= 0.6 is 0 Å². The van der Waals surface area contributed by atoms with Crippen LogP contribution in [0.1, 0.15) is 11.1 Å². The molecule has 17 heavy (non-hydrogen) atoms. The van der Waals surface area contributed by atoms with Gasteiger partial charge in [0.1, 0.15) is 0 Å². The SMILES string of the molecule is Cc1ccc(C[C]2Oc3ccccc3O2)cc1. The first-order valence-electron chi connectivity index (χ1n) is 5.67. The molecular formula is C15H13O2. The number of benzene rings is 2. The van der Waals surface area contributed by atoms with Gasteiger partial charge in [0.25, 0.3) is 0 Å². The first kappa shape index (κ1) is 10.2. The minimum absolute atomic E-state index is 0.648. The summed E-state index contributed by atoms with van der Waals surface area (Å²) in [6, 6.07) is 16.1. The van der Waals surface area contributed by atoms with Crippen LogP contribution in [0.25, 0.3) is 0 Å². The van der Waals surface area contributed by atoms with E-state index in [1.54, 1.807) is 0 Å². The molecule has 1 aliphatic rings. The lowest BCUT2D eigenvalue weighted by Crippen LogP contribution is -2.10. The summed E-state index contributed by atoms with van der Waals surface area (Å²) in [4.78, 5) is 0. The number of fused-ring (bicyclic) bond motifs is 1. The number of rotatable bonds is 2. The second-order valence-electron chi connectivity index (χ2n) is 4.19. The Kier molecular flexibility index (Phi) is 2.48. The monoisotopic (exact) mass is 225 g/mol. The molecule has 1 heterocycles. The Morgan fingerprint density at radius 1 is 0.824 bits per heavy atom. The van der Waals surface area contributed by atoms with Gasteiger partial charge >= 0.3 is 6.29 Å². The van der Waals surface area contributed by atoms with E-state index in [0.29, 0.717) is 12.7 Å². The molecule has 1 radical (unpaired) electrons. The van der Waals surface area contributed by atoms with Gasteiger partial charge in [-0.1, -0.05) is 42.0 Å². The van der Waals surface area contributed by atoms with Crippen LogP contribution in [0.15, 0.2) is 48.5 Å². The predicted molar refractivity (Wildman–Crippen MR) is 65.8 cm³/mol. The van der Waals surface area contributed by atoms with Gasteiger partial charge in [-0.3, -0.25) is 0 Å². The summed E-state index contributed by atoms with van der Waals surface area (Å²) in [5.41, 5.74) is 2.45. The topological polar surface area (TPSA) is 18.5 Å². The highest BCUT2D eigenvalue weighted by molar-refractivity contribution is 5.43. The Morgan fingerprint density at radius 3 is 2.00 bits per heavy atom. The van der Waals surface area contributed by atoms with E-state index in [4.69, 9.17) is 9.47 Å². The molecule has 0 unspecified atom stereocenters. The highest BCUT2D eigenvalue weighted by Gasteiger charge is 2.25. The fraction of sp³-hybridized carbons (Fsp3) is 0.133. The fourth-order valence-electron chi connectivity index (χ4n) is 1.83. The summed E-state index contributed by atoms with van der Waals surface area (Å²) in [5.74, 6) is 1.60. The van der Waals surface area contributed by atoms with Crippen LogP contribution < -0.4 is 9.47 Å². The molecule has 0 saturated heterocycles. The van der Waals surface area contributed by atoms with Crippen LogP contribution in [-0.4, -0.2) is 0 Å². The summed E-state index contributed by atoms with van der Waals surface area (Å²) in [7, 11) is 0. The lowest BCUT2D eigenvalue weighted by molar-refractivity contribution is 0.170. The summed E-state index contributed by atoms with van der Waals surface area (Å²) in [5, 5.41) is 0. The van der Waals surface area contributed by atoms with Crippen LogP contribution in [-0.2, 0) is 6.42 Å². The highest BCUT2D eigenvalue weighted by Crippen LogP contribution is 2.37. The zero-order chi connectivity index (χ0) is 11.7. The Balaban J connectivity index is 1.71. The molecular weight excluding hydrogens is 212 g/mol. The van der Waals surface area contributed by atoms with Crippen LogP contribution in [0.3, 0.4) is 0 Å². The van der Waals surface area contributed by atoms with Gasteiger partial charge in [0.15, 0.2) is 11.5 Å². The van der Waals surface area contributed by atoms with E-state index in [1.807, 2.05) is 24.3 Å². The largest absolute Gasteiger partial charge is 0.441 e. The van der Waals surface area contributed by atoms with E-state index < -0.39 is 0 Å². The summed E-state index contributed by atoms with van der Waals surface area (Å²) in [6.45, 7) is 2.08. The number of para-hydroxylation sites is 2. The van der Waals surface area contributed by atoms with Gasteiger partial charge in [-0.15, -0.1) is 0 Å². The number of hydrogen-bond acceptors (Lipinski definition) is 2. The van der Waals surface area contributed by atoms with E-state index in [9.17, 15) is 0 Å². The van der Waals surface area contributed by atoms with Crippen molar-refractivity contribution in [1.29, 1.82) is 0 Å². The van der Waals surface area contributed by atoms with E-state index in [0.717, 1.165) is 11.5 Å².